The molecule has 0 radical (unpaired) electrons. The lowest BCUT2D eigenvalue weighted by atomic mass is 9.95. The Bertz CT molecular complexity index is 923. The largest absolute Gasteiger partial charge is 0.496 e. The van der Waals surface area contributed by atoms with Gasteiger partial charge in [-0.3, -0.25) is 4.79 Å². The summed E-state index contributed by atoms with van der Waals surface area (Å²) in [6, 6.07) is 16.1. The maximum Gasteiger partial charge on any atom is 0.194 e. The second-order valence-electron chi connectivity index (χ2n) is 6.45. The van der Waals surface area contributed by atoms with Crippen LogP contribution in [-0.4, -0.2) is 12.9 Å². The standard InChI is InChI=1S/C23H24O2S/c1-5-18-14-19(11-12-20(18)25-4)23(24)22-15(2)16(3)26-21(22)13-17-9-7-6-8-10-17/h6-12,14H,5,13H2,1-4H3. The van der Waals surface area contributed by atoms with Crippen LogP contribution in [0.5, 0.6) is 5.75 Å². The lowest BCUT2D eigenvalue weighted by Crippen LogP contribution is -2.06. The fourth-order valence-corrected chi connectivity index (χ4v) is 4.45. The summed E-state index contributed by atoms with van der Waals surface area (Å²) in [7, 11) is 1.67. The van der Waals surface area contributed by atoms with Gasteiger partial charge in [-0.2, -0.15) is 0 Å². The van der Waals surface area contributed by atoms with Crippen LogP contribution < -0.4 is 4.74 Å². The molecule has 0 aliphatic carbocycles. The zero-order valence-electron chi connectivity index (χ0n) is 15.8. The highest BCUT2D eigenvalue weighted by molar-refractivity contribution is 7.12. The van der Waals surface area contributed by atoms with E-state index in [9.17, 15) is 4.79 Å². The summed E-state index contributed by atoms with van der Waals surface area (Å²) in [5.74, 6) is 0.946. The number of rotatable bonds is 6. The van der Waals surface area contributed by atoms with Crippen LogP contribution in [0.3, 0.4) is 0 Å². The molecule has 0 aliphatic heterocycles. The highest BCUT2D eigenvalue weighted by Crippen LogP contribution is 2.32. The number of ketones is 1. The summed E-state index contributed by atoms with van der Waals surface area (Å²) in [4.78, 5) is 15.7. The molecule has 3 rings (SSSR count). The monoisotopic (exact) mass is 364 g/mol. The summed E-state index contributed by atoms with van der Waals surface area (Å²) >= 11 is 1.73. The number of hydrogen-bond donors (Lipinski definition) is 0. The molecule has 3 heteroatoms. The van der Waals surface area contributed by atoms with Gasteiger partial charge < -0.3 is 4.74 Å². The van der Waals surface area contributed by atoms with E-state index in [1.54, 1.807) is 18.4 Å². The number of methoxy groups -OCH3 is 1. The van der Waals surface area contributed by atoms with Gasteiger partial charge in [0.2, 0.25) is 0 Å². The van der Waals surface area contributed by atoms with Crippen molar-refractivity contribution >= 4 is 17.1 Å². The van der Waals surface area contributed by atoms with Gasteiger partial charge in [0.1, 0.15) is 5.75 Å². The molecule has 1 aromatic heterocycles. The molecule has 0 aliphatic rings. The third kappa shape index (κ3) is 3.58. The van der Waals surface area contributed by atoms with Crippen molar-refractivity contribution in [2.75, 3.05) is 7.11 Å². The number of carbonyl (C=O) groups is 1. The van der Waals surface area contributed by atoms with E-state index in [4.69, 9.17) is 4.74 Å². The minimum atomic E-state index is 0.107. The molecule has 0 saturated carbocycles. The van der Waals surface area contributed by atoms with Gasteiger partial charge in [-0.25, -0.2) is 0 Å². The number of thiophene rings is 1. The molecule has 0 saturated heterocycles. The molecule has 0 bridgehead atoms. The second-order valence-corrected chi connectivity index (χ2v) is 7.76. The van der Waals surface area contributed by atoms with Crippen molar-refractivity contribution < 1.29 is 9.53 Å². The fraction of sp³-hybridized carbons (Fsp3) is 0.261. The summed E-state index contributed by atoms with van der Waals surface area (Å²) in [6.07, 6.45) is 1.63. The molecular weight excluding hydrogens is 340 g/mol. The first-order valence-corrected chi connectivity index (χ1v) is 9.71. The third-order valence-electron chi connectivity index (χ3n) is 4.82. The molecule has 0 unspecified atom stereocenters. The lowest BCUT2D eigenvalue weighted by molar-refractivity contribution is 0.103. The third-order valence-corrected chi connectivity index (χ3v) is 6.02. The van der Waals surface area contributed by atoms with E-state index in [2.05, 4.69) is 32.9 Å². The van der Waals surface area contributed by atoms with Crippen LogP contribution in [0.2, 0.25) is 0 Å². The molecule has 0 fully saturated rings. The van der Waals surface area contributed by atoms with Gasteiger partial charge in [0, 0.05) is 27.3 Å². The van der Waals surface area contributed by atoms with Crippen LogP contribution in [-0.2, 0) is 12.8 Å². The normalized spacial score (nSPS) is 10.8. The van der Waals surface area contributed by atoms with Gasteiger partial charge in [0.05, 0.1) is 7.11 Å². The van der Waals surface area contributed by atoms with E-state index in [-0.39, 0.29) is 5.78 Å². The predicted molar refractivity (Wildman–Crippen MR) is 109 cm³/mol. The molecule has 1 heterocycles. The van der Waals surface area contributed by atoms with E-state index in [1.165, 1.54) is 10.4 Å². The molecule has 0 atom stereocenters. The summed E-state index contributed by atoms with van der Waals surface area (Å²) in [5, 5.41) is 0. The molecule has 0 spiro atoms. The van der Waals surface area contributed by atoms with E-state index in [0.29, 0.717) is 0 Å². The van der Waals surface area contributed by atoms with Gasteiger partial charge in [0.15, 0.2) is 5.78 Å². The Labute approximate surface area is 159 Å². The second kappa shape index (κ2) is 7.88. The Morgan fingerprint density at radius 1 is 1.08 bits per heavy atom. The van der Waals surface area contributed by atoms with Crippen molar-refractivity contribution in [2.24, 2.45) is 0 Å². The molecule has 134 valence electrons. The Hall–Kier alpha value is -2.39. The van der Waals surface area contributed by atoms with Crippen molar-refractivity contribution in [3.63, 3.8) is 0 Å². The quantitative estimate of drug-likeness (QED) is 0.520. The first-order valence-electron chi connectivity index (χ1n) is 8.89. The topological polar surface area (TPSA) is 26.3 Å². The molecule has 0 amide bonds. The molecular formula is C23H24O2S. The zero-order valence-corrected chi connectivity index (χ0v) is 16.6. The van der Waals surface area contributed by atoms with Crippen LogP contribution >= 0.6 is 11.3 Å². The minimum Gasteiger partial charge on any atom is -0.496 e. The van der Waals surface area contributed by atoms with Gasteiger partial charge in [-0.05, 0) is 55.2 Å². The van der Waals surface area contributed by atoms with Gasteiger partial charge in [-0.1, -0.05) is 37.3 Å². The Balaban J connectivity index is 2.02. The Morgan fingerprint density at radius 2 is 1.81 bits per heavy atom. The van der Waals surface area contributed by atoms with E-state index < -0.39 is 0 Å². The van der Waals surface area contributed by atoms with Gasteiger partial charge >= 0.3 is 0 Å². The SMILES string of the molecule is CCc1cc(C(=O)c2c(Cc3ccccc3)sc(C)c2C)ccc1OC. The molecule has 3 aromatic rings. The van der Waals surface area contributed by atoms with E-state index in [0.717, 1.165) is 45.7 Å². The Kier molecular flexibility index (Phi) is 5.58. The fourth-order valence-electron chi connectivity index (χ4n) is 3.24. The van der Waals surface area contributed by atoms with Crippen molar-refractivity contribution in [1.82, 2.24) is 0 Å². The number of carbonyl (C=O) groups excluding carboxylic acids is 1. The average molecular weight is 365 g/mol. The van der Waals surface area contributed by atoms with Crippen molar-refractivity contribution in [3.05, 3.63) is 86.1 Å². The summed E-state index contributed by atoms with van der Waals surface area (Å²) in [6.45, 7) is 6.22. The number of benzene rings is 2. The number of ether oxygens (including phenoxy) is 1. The first-order chi connectivity index (χ1) is 12.5. The van der Waals surface area contributed by atoms with E-state index >= 15 is 0 Å². The van der Waals surface area contributed by atoms with Gasteiger partial charge in [0.25, 0.3) is 0 Å². The first kappa shape index (κ1) is 18.4. The summed E-state index contributed by atoms with van der Waals surface area (Å²) < 4.78 is 5.40. The zero-order chi connectivity index (χ0) is 18.7. The maximum atomic E-state index is 13.3. The minimum absolute atomic E-state index is 0.107. The average Bonchev–Trinajstić information content (AvgIpc) is 2.94. The van der Waals surface area contributed by atoms with Crippen LogP contribution in [0.1, 0.15) is 49.3 Å². The van der Waals surface area contributed by atoms with Crippen molar-refractivity contribution in [3.8, 4) is 5.75 Å². The number of aryl methyl sites for hydroxylation is 2. The highest BCUT2D eigenvalue weighted by atomic mass is 32.1. The molecule has 26 heavy (non-hydrogen) atoms. The smallest absolute Gasteiger partial charge is 0.194 e. The van der Waals surface area contributed by atoms with Crippen LogP contribution in [0.15, 0.2) is 48.5 Å². The molecule has 2 aromatic carbocycles. The van der Waals surface area contributed by atoms with Crippen LogP contribution in [0.4, 0.5) is 0 Å². The molecule has 2 nitrogen and oxygen atoms in total. The predicted octanol–water partition coefficient (Wildman–Crippen LogP) is 5.76. The highest BCUT2D eigenvalue weighted by Gasteiger charge is 2.21. The lowest BCUT2D eigenvalue weighted by Gasteiger charge is -2.10. The van der Waals surface area contributed by atoms with Gasteiger partial charge in [-0.15, -0.1) is 11.3 Å². The molecule has 0 N–H and O–H groups in total. The summed E-state index contributed by atoms with van der Waals surface area (Å²) in [5.41, 5.74) is 4.99. The maximum absolute atomic E-state index is 13.3. The number of hydrogen-bond acceptors (Lipinski definition) is 3. The van der Waals surface area contributed by atoms with E-state index in [1.807, 2.05) is 36.4 Å². The Morgan fingerprint density at radius 3 is 2.46 bits per heavy atom. The van der Waals surface area contributed by atoms with Crippen molar-refractivity contribution in [2.45, 2.75) is 33.6 Å². The van der Waals surface area contributed by atoms with Crippen LogP contribution in [0, 0.1) is 13.8 Å². The van der Waals surface area contributed by atoms with Crippen LogP contribution in [0.25, 0.3) is 0 Å². The van der Waals surface area contributed by atoms with Crippen molar-refractivity contribution in [1.29, 1.82) is 0 Å².